The molecule has 3 N–H and O–H groups in total. The molecule has 18 heavy (non-hydrogen) atoms. The van der Waals surface area contributed by atoms with Gasteiger partial charge in [0.2, 0.25) is 0 Å². The Morgan fingerprint density at radius 2 is 2.06 bits per heavy atom. The zero-order valence-electron chi connectivity index (χ0n) is 10.7. The molecule has 2 aromatic heterocycles. The van der Waals surface area contributed by atoms with E-state index < -0.39 is 0 Å². The molecule has 2 aromatic rings. The van der Waals surface area contributed by atoms with Crippen LogP contribution < -0.4 is 11.1 Å². The monoisotopic (exact) mass is 244 g/mol. The summed E-state index contributed by atoms with van der Waals surface area (Å²) >= 11 is 0. The Morgan fingerprint density at radius 3 is 2.61 bits per heavy atom. The number of nitrogens with zero attached hydrogens (tertiary/aromatic N) is 2. The number of nitrogen functional groups attached to an aromatic ring is 1. The SMILES string of the molecule is Cc1cc(C)nc(NC(=O)c2cc(N)cn2C)c1. The van der Waals surface area contributed by atoms with Gasteiger partial charge in [-0.25, -0.2) is 4.98 Å². The molecular weight excluding hydrogens is 228 g/mol. The van der Waals surface area contributed by atoms with E-state index in [9.17, 15) is 4.79 Å². The first kappa shape index (κ1) is 12.2. The van der Waals surface area contributed by atoms with Crippen LogP contribution in [0, 0.1) is 13.8 Å². The number of nitrogens with two attached hydrogens (primary N) is 1. The Kier molecular flexibility index (Phi) is 3.06. The second-order valence-corrected chi connectivity index (χ2v) is 4.39. The van der Waals surface area contributed by atoms with Crippen molar-refractivity contribution in [3.63, 3.8) is 0 Å². The van der Waals surface area contributed by atoms with E-state index in [2.05, 4.69) is 10.3 Å². The highest BCUT2D eigenvalue weighted by atomic mass is 16.2. The Hall–Kier alpha value is -2.30. The summed E-state index contributed by atoms with van der Waals surface area (Å²) < 4.78 is 1.69. The predicted octanol–water partition coefficient (Wildman–Crippen LogP) is 1.87. The molecule has 94 valence electrons. The number of pyridine rings is 1. The first-order valence-corrected chi connectivity index (χ1v) is 5.64. The van der Waals surface area contributed by atoms with Gasteiger partial charge in [-0.3, -0.25) is 4.79 Å². The van der Waals surface area contributed by atoms with Crippen molar-refractivity contribution in [2.75, 3.05) is 11.1 Å². The molecule has 0 aromatic carbocycles. The maximum Gasteiger partial charge on any atom is 0.273 e. The summed E-state index contributed by atoms with van der Waals surface area (Å²) in [5, 5.41) is 2.77. The van der Waals surface area contributed by atoms with Crippen molar-refractivity contribution >= 4 is 17.4 Å². The quantitative estimate of drug-likeness (QED) is 0.847. The second kappa shape index (κ2) is 4.52. The van der Waals surface area contributed by atoms with Gasteiger partial charge in [-0.05, 0) is 37.6 Å². The van der Waals surface area contributed by atoms with Crippen molar-refractivity contribution in [1.29, 1.82) is 0 Å². The molecule has 0 bridgehead atoms. The summed E-state index contributed by atoms with van der Waals surface area (Å²) in [6.45, 7) is 3.86. The summed E-state index contributed by atoms with van der Waals surface area (Å²) in [6, 6.07) is 5.42. The van der Waals surface area contributed by atoms with Crippen LogP contribution in [0.15, 0.2) is 24.4 Å². The summed E-state index contributed by atoms with van der Waals surface area (Å²) in [4.78, 5) is 16.3. The van der Waals surface area contributed by atoms with Gasteiger partial charge in [0.05, 0.1) is 5.69 Å². The average molecular weight is 244 g/mol. The van der Waals surface area contributed by atoms with E-state index in [1.54, 1.807) is 23.9 Å². The van der Waals surface area contributed by atoms with Gasteiger partial charge < -0.3 is 15.6 Å². The zero-order chi connectivity index (χ0) is 13.3. The molecule has 1 amide bonds. The van der Waals surface area contributed by atoms with Crippen molar-refractivity contribution < 1.29 is 4.79 Å². The van der Waals surface area contributed by atoms with Crippen LogP contribution in [-0.4, -0.2) is 15.5 Å². The molecule has 0 fully saturated rings. The molecule has 0 saturated carbocycles. The second-order valence-electron chi connectivity index (χ2n) is 4.39. The number of carbonyl (C=O) groups is 1. The maximum atomic E-state index is 12.0. The van der Waals surface area contributed by atoms with Gasteiger partial charge in [0.15, 0.2) is 0 Å². The third-order valence-corrected chi connectivity index (χ3v) is 2.60. The van der Waals surface area contributed by atoms with E-state index in [-0.39, 0.29) is 5.91 Å². The van der Waals surface area contributed by atoms with Crippen molar-refractivity contribution in [2.24, 2.45) is 7.05 Å². The highest BCUT2D eigenvalue weighted by Crippen LogP contribution is 2.13. The number of anilines is 2. The van der Waals surface area contributed by atoms with Gasteiger partial charge in [-0.15, -0.1) is 0 Å². The molecular formula is C13H16N4O. The fraction of sp³-hybridized carbons (Fsp3) is 0.231. The van der Waals surface area contributed by atoms with E-state index in [1.807, 2.05) is 26.0 Å². The maximum absolute atomic E-state index is 12.0. The number of hydrogen-bond donors (Lipinski definition) is 2. The molecule has 0 radical (unpaired) electrons. The van der Waals surface area contributed by atoms with E-state index in [1.165, 1.54) is 0 Å². The number of carbonyl (C=O) groups excluding carboxylic acids is 1. The third kappa shape index (κ3) is 2.51. The molecule has 2 heterocycles. The Labute approximate surface area is 106 Å². The van der Waals surface area contributed by atoms with Crippen molar-refractivity contribution in [1.82, 2.24) is 9.55 Å². The largest absolute Gasteiger partial charge is 0.397 e. The normalized spacial score (nSPS) is 10.4. The first-order valence-electron chi connectivity index (χ1n) is 5.64. The van der Waals surface area contributed by atoms with Gasteiger partial charge in [-0.2, -0.15) is 0 Å². The predicted molar refractivity (Wildman–Crippen MR) is 71.5 cm³/mol. The van der Waals surface area contributed by atoms with Crippen LogP contribution in [0.1, 0.15) is 21.7 Å². The lowest BCUT2D eigenvalue weighted by molar-refractivity contribution is 0.101. The highest BCUT2D eigenvalue weighted by molar-refractivity contribution is 6.03. The smallest absolute Gasteiger partial charge is 0.273 e. The van der Waals surface area contributed by atoms with Gasteiger partial charge in [-0.1, -0.05) is 0 Å². The van der Waals surface area contributed by atoms with E-state index in [0.29, 0.717) is 17.2 Å². The molecule has 0 aliphatic rings. The van der Waals surface area contributed by atoms with Crippen LogP contribution in [-0.2, 0) is 7.05 Å². The topological polar surface area (TPSA) is 72.9 Å². The zero-order valence-corrected chi connectivity index (χ0v) is 10.7. The number of aryl methyl sites for hydroxylation is 3. The Bertz CT molecular complexity index is 581. The lowest BCUT2D eigenvalue weighted by Crippen LogP contribution is -2.16. The molecule has 2 rings (SSSR count). The summed E-state index contributed by atoms with van der Waals surface area (Å²) in [5.41, 5.74) is 8.65. The number of rotatable bonds is 2. The minimum Gasteiger partial charge on any atom is -0.397 e. The van der Waals surface area contributed by atoms with E-state index >= 15 is 0 Å². The number of aromatic nitrogens is 2. The van der Waals surface area contributed by atoms with Crippen LogP contribution in [0.25, 0.3) is 0 Å². The third-order valence-electron chi connectivity index (χ3n) is 2.60. The first-order chi connectivity index (χ1) is 8.45. The number of amides is 1. The molecule has 0 atom stereocenters. The fourth-order valence-corrected chi connectivity index (χ4v) is 1.90. The summed E-state index contributed by atoms with van der Waals surface area (Å²) in [6.07, 6.45) is 1.70. The highest BCUT2D eigenvalue weighted by Gasteiger charge is 2.11. The molecule has 5 heteroatoms. The van der Waals surface area contributed by atoms with Gasteiger partial charge in [0, 0.05) is 18.9 Å². The Morgan fingerprint density at radius 1 is 1.33 bits per heavy atom. The van der Waals surface area contributed by atoms with Crippen LogP contribution >= 0.6 is 0 Å². The molecule has 0 aliphatic heterocycles. The minimum atomic E-state index is -0.216. The lowest BCUT2D eigenvalue weighted by atomic mass is 10.2. The molecule has 0 saturated heterocycles. The summed E-state index contributed by atoms with van der Waals surface area (Å²) in [5.74, 6) is 0.337. The van der Waals surface area contributed by atoms with Gasteiger partial charge in [0.1, 0.15) is 11.5 Å². The van der Waals surface area contributed by atoms with Gasteiger partial charge >= 0.3 is 0 Å². The van der Waals surface area contributed by atoms with E-state index in [0.717, 1.165) is 11.3 Å². The van der Waals surface area contributed by atoms with Crippen LogP contribution in [0.2, 0.25) is 0 Å². The number of nitrogens with one attached hydrogen (secondary N) is 1. The lowest BCUT2D eigenvalue weighted by Gasteiger charge is -2.07. The average Bonchev–Trinajstić information content (AvgIpc) is 2.56. The molecule has 5 nitrogen and oxygen atoms in total. The Balaban J connectivity index is 2.23. The molecule has 0 unspecified atom stereocenters. The van der Waals surface area contributed by atoms with Crippen molar-refractivity contribution in [3.8, 4) is 0 Å². The van der Waals surface area contributed by atoms with Gasteiger partial charge in [0.25, 0.3) is 5.91 Å². The van der Waals surface area contributed by atoms with Crippen molar-refractivity contribution in [3.05, 3.63) is 41.3 Å². The number of hydrogen-bond acceptors (Lipinski definition) is 3. The standard InChI is InChI=1S/C13H16N4O/c1-8-4-9(2)15-12(5-8)16-13(18)11-6-10(14)7-17(11)3/h4-7H,14H2,1-3H3,(H,15,16,18). The molecule has 0 aliphatic carbocycles. The van der Waals surface area contributed by atoms with E-state index in [4.69, 9.17) is 5.73 Å². The van der Waals surface area contributed by atoms with Crippen LogP contribution in [0.4, 0.5) is 11.5 Å². The fourth-order valence-electron chi connectivity index (χ4n) is 1.90. The summed E-state index contributed by atoms with van der Waals surface area (Å²) in [7, 11) is 1.78. The van der Waals surface area contributed by atoms with Crippen LogP contribution in [0.5, 0.6) is 0 Å². The minimum absolute atomic E-state index is 0.216. The van der Waals surface area contributed by atoms with Crippen molar-refractivity contribution in [2.45, 2.75) is 13.8 Å². The van der Waals surface area contributed by atoms with Crippen LogP contribution in [0.3, 0.4) is 0 Å². The molecule has 0 spiro atoms.